The van der Waals surface area contributed by atoms with Crippen LogP contribution in [0.5, 0.6) is 0 Å². The van der Waals surface area contributed by atoms with Gasteiger partial charge in [-0.25, -0.2) is 9.97 Å². The molecule has 0 unspecified atom stereocenters. The summed E-state index contributed by atoms with van der Waals surface area (Å²) in [5, 5.41) is 13.4. The SMILES string of the molecule is Cn1cnc2cc(C(=O)NCC3(O)CCCCCC3)cnc21. The van der Waals surface area contributed by atoms with E-state index in [1.807, 2.05) is 11.6 Å². The van der Waals surface area contributed by atoms with Gasteiger partial charge in [0.15, 0.2) is 5.65 Å². The maximum atomic E-state index is 12.3. The van der Waals surface area contributed by atoms with E-state index in [2.05, 4.69) is 15.3 Å². The molecule has 2 aromatic heterocycles. The predicted octanol–water partition coefficient (Wildman–Crippen LogP) is 1.78. The van der Waals surface area contributed by atoms with Gasteiger partial charge in [-0.05, 0) is 18.9 Å². The van der Waals surface area contributed by atoms with Crippen molar-refractivity contribution >= 4 is 17.1 Å². The Morgan fingerprint density at radius 3 is 2.77 bits per heavy atom. The van der Waals surface area contributed by atoms with Gasteiger partial charge in [0.05, 0.1) is 17.5 Å². The highest BCUT2D eigenvalue weighted by Gasteiger charge is 2.28. The normalized spacial score (nSPS) is 18.1. The van der Waals surface area contributed by atoms with Crippen molar-refractivity contribution in [2.45, 2.75) is 44.1 Å². The largest absolute Gasteiger partial charge is 0.388 e. The first-order chi connectivity index (χ1) is 10.6. The number of nitrogens with zero attached hydrogens (tertiary/aromatic N) is 3. The smallest absolute Gasteiger partial charge is 0.253 e. The van der Waals surface area contributed by atoms with Gasteiger partial charge in [-0.2, -0.15) is 0 Å². The lowest BCUT2D eigenvalue weighted by molar-refractivity contribution is 0.0246. The van der Waals surface area contributed by atoms with Crippen LogP contribution in [0.3, 0.4) is 0 Å². The summed E-state index contributed by atoms with van der Waals surface area (Å²) in [7, 11) is 1.86. The van der Waals surface area contributed by atoms with Gasteiger partial charge in [0, 0.05) is 19.8 Å². The van der Waals surface area contributed by atoms with Gasteiger partial charge in [0.2, 0.25) is 0 Å². The summed E-state index contributed by atoms with van der Waals surface area (Å²) in [6.45, 7) is 0.298. The Morgan fingerprint density at radius 1 is 1.32 bits per heavy atom. The van der Waals surface area contributed by atoms with Crippen molar-refractivity contribution in [3.63, 3.8) is 0 Å². The van der Waals surface area contributed by atoms with Crippen LogP contribution in [0.4, 0.5) is 0 Å². The molecule has 6 nitrogen and oxygen atoms in total. The Kier molecular flexibility index (Phi) is 4.11. The average Bonchev–Trinajstić information content (AvgIpc) is 2.75. The molecule has 1 fully saturated rings. The maximum absolute atomic E-state index is 12.3. The lowest BCUT2D eigenvalue weighted by atomic mass is 9.94. The molecule has 2 heterocycles. The molecule has 1 amide bonds. The Labute approximate surface area is 129 Å². The number of imidazole rings is 1. The average molecular weight is 302 g/mol. The van der Waals surface area contributed by atoms with E-state index in [1.54, 1.807) is 18.6 Å². The number of amides is 1. The van der Waals surface area contributed by atoms with Crippen LogP contribution >= 0.6 is 0 Å². The lowest BCUT2D eigenvalue weighted by Crippen LogP contribution is -2.42. The molecule has 0 radical (unpaired) electrons. The van der Waals surface area contributed by atoms with Crippen molar-refractivity contribution in [3.8, 4) is 0 Å². The molecule has 0 spiro atoms. The molecule has 3 rings (SSSR count). The zero-order chi connectivity index (χ0) is 15.6. The number of aryl methyl sites for hydroxylation is 1. The summed E-state index contributed by atoms with van der Waals surface area (Å²) in [5.41, 5.74) is 1.15. The molecule has 0 aromatic carbocycles. The third-order valence-corrected chi connectivity index (χ3v) is 4.43. The first kappa shape index (κ1) is 15.0. The van der Waals surface area contributed by atoms with Crippen molar-refractivity contribution in [2.75, 3.05) is 6.54 Å². The van der Waals surface area contributed by atoms with E-state index in [0.29, 0.717) is 17.6 Å². The van der Waals surface area contributed by atoms with Crippen LogP contribution < -0.4 is 5.32 Å². The van der Waals surface area contributed by atoms with Crippen molar-refractivity contribution in [3.05, 3.63) is 24.2 Å². The fourth-order valence-corrected chi connectivity index (χ4v) is 3.05. The Bertz CT molecular complexity index is 672. The Balaban J connectivity index is 1.67. The molecule has 0 aliphatic heterocycles. The number of aliphatic hydroxyl groups is 1. The minimum atomic E-state index is -0.769. The second-order valence-electron chi connectivity index (χ2n) is 6.24. The third kappa shape index (κ3) is 3.11. The Hall–Kier alpha value is -1.95. The molecule has 1 aliphatic carbocycles. The van der Waals surface area contributed by atoms with Crippen LogP contribution in [0.2, 0.25) is 0 Å². The zero-order valence-electron chi connectivity index (χ0n) is 12.9. The second kappa shape index (κ2) is 6.04. The number of pyridine rings is 1. The van der Waals surface area contributed by atoms with Crippen LogP contribution in [0.1, 0.15) is 48.9 Å². The fraction of sp³-hybridized carbons (Fsp3) is 0.562. The number of aromatic nitrogens is 3. The van der Waals surface area contributed by atoms with Gasteiger partial charge in [-0.15, -0.1) is 0 Å². The number of carbonyl (C=O) groups is 1. The molecular formula is C16H22N4O2. The molecule has 1 aliphatic rings. The van der Waals surface area contributed by atoms with E-state index >= 15 is 0 Å². The predicted molar refractivity (Wildman–Crippen MR) is 83.5 cm³/mol. The number of carbonyl (C=O) groups excluding carboxylic acids is 1. The highest BCUT2D eigenvalue weighted by molar-refractivity contribution is 5.96. The van der Waals surface area contributed by atoms with Crippen LogP contribution in [0, 0.1) is 0 Å². The summed E-state index contributed by atoms with van der Waals surface area (Å²) in [6, 6.07) is 1.73. The second-order valence-corrected chi connectivity index (χ2v) is 6.24. The van der Waals surface area contributed by atoms with Gasteiger partial charge in [0.25, 0.3) is 5.91 Å². The first-order valence-electron chi connectivity index (χ1n) is 7.85. The maximum Gasteiger partial charge on any atom is 0.253 e. The lowest BCUT2D eigenvalue weighted by Gasteiger charge is -2.26. The number of fused-ring (bicyclic) bond motifs is 1. The van der Waals surface area contributed by atoms with Gasteiger partial charge < -0.3 is 15.0 Å². The Morgan fingerprint density at radius 2 is 2.05 bits per heavy atom. The molecule has 0 bridgehead atoms. The summed E-state index contributed by atoms with van der Waals surface area (Å²) in [6.07, 6.45) is 9.11. The molecule has 118 valence electrons. The van der Waals surface area contributed by atoms with Crippen LogP contribution in [-0.4, -0.2) is 37.7 Å². The van der Waals surface area contributed by atoms with E-state index in [-0.39, 0.29) is 5.91 Å². The number of rotatable bonds is 3. The van der Waals surface area contributed by atoms with E-state index in [0.717, 1.165) is 44.2 Å². The highest BCUT2D eigenvalue weighted by Crippen LogP contribution is 2.26. The van der Waals surface area contributed by atoms with Crippen molar-refractivity contribution in [1.82, 2.24) is 19.9 Å². The molecule has 0 saturated heterocycles. The first-order valence-corrected chi connectivity index (χ1v) is 7.85. The van der Waals surface area contributed by atoms with Gasteiger partial charge in [-0.3, -0.25) is 4.79 Å². The number of hydrogen-bond acceptors (Lipinski definition) is 4. The quantitative estimate of drug-likeness (QED) is 0.847. The zero-order valence-corrected chi connectivity index (χ0v) is 12.9. The number of hydrogen-bond donors (Lipinski definition) is 2. The van der Waals surface area contributed by atoms with E-state index < -0.39 is 5.60 Å². The van der Waals surface area contributed by atoms with Gasteiger partial charge in [0.1, 0.15) is 5.52 Å². The highest BCUT2D eigenvalue weighted by atomic mass is 16.3. The number of nitrogens with one attached hydrogen (secondary N) is 1. The summed E-state index contributed by atoms with van der Waals surface area (Å²) < 4.78 is 1.81. The van der Waals surface area contributed by atoms with Crippen molar-refractivity contribution in [1.29, 1.82) is 0 Å². The minimum Gasteiger partial charge on any atom is -0.388 e. The monoisotopic (exact) mass is 302 g/mol. The van der Waals surface area contributed by atoms with E-state index in [4.69, 9.17) is 0 Å². The standard InChI is InChI=1S/C16H22N4O2/c1-20-11-19-13-8-12(9-17-14(13)20)15(21)18-10-16(22)6-4-2-3-5-7-16/h8-9,11,22H,2-7,10H2,1H3,(H,18,21). The molecular weight excluding hydrogens is 280 g/mol. The molecule has 22 heavy (non-hydrogen) atoms. The van der Waals surface area contributed by atoms with Crippen LogP contribution in [0.15, 0.2) is 18.6 Å². The summed E-state index contributed by atoms with van der Waals surface area (Å²) in [5.74, 6) is -0.210. The molecule has 1 saturated carbocycles. The van der Waals surface area contributed by atoms with E-state index in [1.165, 1.54) is 0 Å². The molecule has 0 atom stereocenters. The topological polar surface area (TPSA) is 80.0 Å². The van der Waals surface area contributed by atoms with Crippen molar-refractivity contribution in [2.24, 2.45) is 7.05 Å². The third-order valence-electron chi connectivity index (χ3n) is 4.43. The van der Waals surface area contributed by atoms with Crippen molar-refractivity contribution < 1.29 is 9.90 Å². The molecule has 2 N–H and O–H groups in total. The fourth-order valence-electron chi connectivity index (χ4n) is 3.05. The van der Waals surface area contributed by atoms with Crippen LogP contribution in [0.25, 0.3) is 11.2 Å². The minimum absolute atomic E-state index is 0.210. The van der Waals surface area contributed by atoms with Crippen LogP contribution in [-0.2, 0) is 7.05 Å². The summed E-state index contributed by atoms with van der Waals surface area (Å²) in [4.78, 5) is 20.7. The van der Waals surface area contributed by atoms with Gasteiger partial charge in [-0.1, -0.05) is 25.7 Å². The molecule has 2 aromatic rings. The van der Waals surface area contributed by atoms with E-state index in [9.17, 15) is 9.90 Å². The van der Waals surface area contributed by atoms with Gasteiger partial charge >= 0.3 is 0 Å². The molecule has 6 heteroatoms. The summed E-state index contributed by atoms with van der Waals surface area (Å²) >= 11 is 0.